The first kappa shape index (κ1) is 13.4. The lowest BCUT2D eigenvalue weighted by atomic mass is 10.3. The SMILES string of the molecule is COCCOc1ccc(Br)cc1S(=O)(=O)F. The Labute approximate surface area is 102 Å². The molecule has 1 aromatic rings. The molecule has 0 aromatic heterocycles. The fraction of sp³-hybridized carbons (Fsp3) is 0.333. The second kappa shape index (κ2) is 5.60. The van der Waals surface area contributed by atoms with Crippen LogP contribution in [-0.2, 0) is 15.0 Å². The zero-order valence-corrected chi connectivity index (χ0v) is 10.8. The second-order valence-electron chi connectivity index (χ2n) is 2.87. The van der Waals surface area contributed by atoms with E-state index >= 15 is 0 Å². The highest BCUT2D eigenvalue weighted by Gasteiger charge is 2.18. The van der Waals surface area contributed by atoms with Gasteiger partial charge in [-0.25, -0.2) is 0 Å². The second-order valence-corrected chi connectivity index (χ2v) is 5.10. The molecule has 0 heterocycles. The van der Waals surface area contributed by atoms with Gasteiger partial charge < -0.3 is 9.47 Å². The number of benzene rings is 1. The van der Waals surface area contributed by atoms with E-state index in [1.165, 1.54) is 13.2 Å². The molecule has 0 aliphatic carbocycles. The summed E-state index contributed by atoms with van der Waals surface area (Å²) in [6.07, 6.45) is 0. The van der Waals surface area contributed by atoms with Gasteiger partial charge in [-0.2, -0.15) is 8.42 Å². The van der Waals surface area contributed by atoms with Gasteiger partial charge in [-0.3, -0.25) is 0 Å². The molecular weight excluding hydrogens is 303 g/mol. The number of methoxy groups -OCH3 is 1. The normalized spacial score (nSPS) is 11.4. The van der Waals surface area contributed by atoms with Crippen LogP contribution in [0.1, 0.15) is 0 Å². The van der Waals surface area contributed by atoms with Crippen LogP contribution >= 0.6 is 15.9 Å². The van der Waals surface area contributed by atoms with E-state index in [0.717, 1.165) is 6.07 Å². The van der Waals surface area contributed by atoms with Crippen LogP contribution in [0.4, 0.5) is 3.89 Å². The van der Waals surface area contributed by atoms with E-state index in [-0.39, 0.29) is 12.4 Å². The standard InChI is InChI=1S/C9H10BrFO4S/c1-14-4-5-15-8-3-2-7(10)6-9(8)16(11,12)13/h2-3,6H,4-5H2,1H3. The van der Waals surface area contributed by atoms with Crippen LogP contribution < -0.4 is 4.74 Å². The molecule has 0 bridgehead atoms. The Kier molecular flexibility index (Phi) is 4.69. The summed E-state index contributed by atoms with van der Waals surface area (Å²) in [7, 11) is -3.31. The van der Waals surface area contributed by atoms with Crippen molar-refractivity contribution in [3.05, 3.63) is 22.7 Å². The van der Waals surface area contributed by atoms with E-state index in [1.54, 1.807) is 6.07 Å². The third-order valence-corrected chi connectivity index (χ3v) is 3.05. The highest BCUT2D eigenvalue weighted by molar-refractivity contribution is 9.10. The van der Waals surface area contributed by atoms with Gasteiger partial charge in [0.2, 0.25) is 0 Å². The van der Waals surface area contributed by atoms with Gasteiger partial charge in [0.15, 0.2) is 0 Å². The molecule has 7 heteroatoms. The van der Waals surface area contributed by atoms with Crippen LogP contribution in [0.3, 0.4) is 0 Å². The lowest BCUT2D eigenvalue weighted by Gasteiger charge is -2.08. The molecule has 0 spiro atoms. The van der Waals surface area contributed by atoms with Gasteiger partial charge in [0.1, 0.15) is 17.3 Å². The van der Waals surface area contributed by atoms with E-state index in [1.807, 2.05) is 0 Å². The lowest BCUT2D eigenvalue weighted by molar-refractivity contribution is 0.144. The van der Waals surface area contributed by atoms with E-state index in [0.29, 0.717) is 11.1 Å². The lowest BCUT2D eigenvalue weighted by Crippen LogP contribution is -2.07. The van der Waals surface area contributed by atoms with Crippen LogP contribution in [0.5, 0.6) is 5.75 Å². The van der Waals surface area contributed by atoms with Crippen molar-refractivity contribution in [2.24, 2.45) is 0 Å². The molecule has 0 aliphatic heterocycles. The van der Waals surface area contributed by atoms with Crippen LogP contribution in [0.2, 0.25) is 0 Å². The van der Waals surface area contributed by atoms with Gasteiger partial charge in [-0.05, 0) is 18.2 Å². The van der Waals surface area contributed by atoms with Crippen LogP contribution in [0.25, 0.3) is 0 Å². The van der Waals surface area contributed by atoms with Gasteiger partial charge >= 0.3 is 10.2 Å². The van der Waals surface area contributed by atoms with Gasteiger partial charge in [0.25, 0.3) is 0 Å². The minimum Gasteiger partial charge on any atom is -0.490 e. The average molecular weight is 313 g/mol. The molecule has 1 aromatic carbocycles. The molecule has 0 fully saturated rings. The quantitative estimate of drug-likeness (QED) is 0.617. The van der Waals surface area contributed by atoms with Crippen molar-refractivity contribution in [1.29, 1.82) is 0 Å². The molecule has 0 unspecified atom stereocenters. The zero-order valence-electron chi connectivity index (χ0n) is 8.44. The first-order valence-corrected chi connectivity index (χ1v) is 6.49. The predicted molar refractivity (Wildman–Crippen MR) is 59.8 cm³/mol. The molecule has 90 valence electrons. The van der Waals surface area contributed by atoms with E-state index < -0.39 is 15.1 Å². The fourth-order valence-corrected chi connectivity index (χ4v) is 2.17. The van der Waals surface area contributed by atoms with Crippen molar-refractivity contribution in [3.63, 3.8) is 0 Å². The monoisotopic (exact) mass is 312 g/mol. The first-order chi connectivity index (χ1) is 7.45. The zero-order chi connectivity index (χ0) is 12.2. The Hall–Kier alpha value is -0.660. The maximum Gasteiger partial charge on any atom is 0.335 e. The topological polar surface area (TPSA) is 52.6 Å². The molecule has 0 radical (unpaired) electrons. The minimum absolute atomic E-state index is 0.0252. The number of hydrogen-bond donors (Lipinski definition) is 0. The summed E-state index contributed by atoms with van der Waals surface area (Å²) in [5.41, 5.74) is 0. The maximum atomic E-state index is 12.9. The summed E-state index contributed by atoms with van der Waals surface area (Å²) in [5.74, 6) is -0.0252. The molecule has 0 aliphatic rings. The molecule has 4 nitrogen and oxygen atoms in total. The van der Waals surface area contributed by atoms with Crippen molar-refractivity contribution >= 4 is 26.2 Å². The summed E-state index contributed by atoms with van der Waals surface area (Å²) >= 11 is 3.06. The summed E-state index contributed by atoms with van der Waals surface area (Å²) in [6.45, 7) is 0.447. The van der Waals surface area contributed by atoms with Gasteiger partial charge in [0.05, 0.1) is 6.61 Å². The Morgan fingerprint density at radius 1 is 1.38 bits per heavy atom. The highest BCUT2D eigenvalue weighted by atomic mass is 79.9. The number of halogens is 2. The average Bonchev–Trinajstić information content (AvgIpc) is 2.19. The summed E-state index contributed by atoms with van der Waals surface area (Å²) < 4.78 is 44.9. The number of ether oxygens (including phenoxy) is 2. The predicted octanol–water partition coefficient (Wildman–Crippen LogP) is 2.13. The maximum absolute atomic E-state index is 12.9. The molecule has 0 atom stereocenters. The van der Waals surface area contributed by atoms with Crippen molar-refractivity contribution in [2.45, 2.75) is 4.90 Å². The minimum atomic E-state index is -4.79. The van der Waals surface area contributed by atoms with Gasteiger partial charge in [0, 0.05) is 11.6 Å². The highest BCUT2D eigenvalue weighted by Crippen LogP contribution is 2.28. The van der Waals surface area contributed by atoms with Crippen molar-refractivity contribution in [2.75, 3.05) is 20.3 Å². The van der Waals surface area contributed by atoms with E-state index in [4.69, 9.17) is 9.47 Å². The molecular formula is C9H10BrFO4S. The van der Waals surface area contributed by atoms with E-state index in [9.17, 15) is 12.3 Å². The van der Waals surface area contributed by atoms with Crippen LogP contribution in [-0.4, -0.2) is 28.7 Å². The van der Waals surface area contributed by atoms with Crippen LogP contribution in [0, 0.1) is 0 Å². The largest absolute Gasteiger partial charge is 0.490 e. The smallest absolute Gasteiger partial charge is 0.335 e. The Morgan fingerprint density at radius 3 is 2.62 bits per heavy atom. The number of rotatable bonds is 5. The molecule has 1 rings (SSSR count). The Bertz CT molecular complexity index is 461. The van der Waals surface area contributed by atoms with Crippen molar-refractivity contribution < 1.29 is 21.8 Å². The first-order valence-electron chi connectivity index (χ1n) is 4.31. The molecule has 0 N–H and O–H groups in total. The van der Waals surface area contributed by atoms with Gasteiger partial charge in [-0.15, -0.1) is 3.89 Å². The Morgan fingerprint density at radius 2 is 2.06 bits per heavy atom. The van der Waals surface area contributed by atoms with Gasteiger partial charge in [-0.1, -0.05) is 15.9 Å². The van der Waals surface area contributed by atoms with E-state index in [2.05, 4.69) is 15.9 Å². The third kappa shape index (κ3) is 3.73. The summed E-state index contributed by atoms with van der Waals surface area (Å²) in [4.78, 5) is -0.488. The number of hydrogen-bond acceptors (Lipinski definition) is 4. The Balaban J connectivity index is 2.99. The molecule has 0 saturated heterocycles. The summed E-state index contributed by atoms with van der Waals surface area (Å²) in [5, 5.41) is 0. The summed E-state index contributed by atoms with van der Waals surface area (Å²) in [6, 6.07) is 4.10. The van der Waals surface area contributed by atoms with Crippen LogP contribution in [0.15, 0.2) is 27.6 Å². The fourth-order valence-electron chi connectivity index (χ4n) is 1.03. The van der Waals surface area contributed by atoms with Crippen molar-refractivity contribution in [3.8, 4) is 5.75 Å². The molecule has 16 heavy (non-hydrogen) atoms. The van der Waals surface area contributed by atoms with Crippen molar-refractivity contribution in [1.82, 2.24) is 0 Å². The third-order valence-electron chi connectivity index (χ3n) is 1.71. The molecule has 0 saturated carbocycles. The molecule has 0 amide bonds.